The third-order valence-corrected chi connectivity index (χ3v) is 4.10. The molecule has 1 aliphatic rings. The van der Waals surface area contributed by atoms with Crippen LogP contribution in [-0.2, 0) is 9.36 Å². The molecule has 19 heavy (non-hydrogen) atoms. The van der Waals surface area contributed by atoms with Gasteiger partial charge in [0.05, 0.1) is 6.29 Å². The van der Waals surface area contributed by atoms with Crippen molar-refractivity contribution in [1.82, 2.24) is 9.96 Å². The van der Waals surface area contributed by atoms with Crippen LogP contribution in [0.25, 0.3) is 0 Å². The van der Waals surface area contributed by atoms with Crippen LogP contribution in [0.1, 0.15) is 32.1 Å². The average molecular weight is 301 g/mol. The Labute approximate surface area is 136 Å². The fraction of sp³-hybridized carbons (Fsp3) is 0.909. The Hall–Kier alpha value is 0.580. The van der Waals surface area contributed by atoms with Crippen LogP contribution >= 0.6 is 7.37 Å². The summed E-state index contributed by atoms with van der Waals surface area (Å²) in [6.07, 6.45) is 4.82. The first kappa shape index (κ1) is 19.6. The van der Waals surface area contributed by atoms with Crippen molar-refractivity contribution < 1.29 is 49.0 Å². The summed E-state index contributed by atoms with van der Waals surface area (Å²) in [5.74, 6) is -0.370. The van der Waals surface area contributed by atoms with E-state index in [1.807, 2.05) is 0 Å². The van der Waals surface area contributed by atoms with Crippen LogP contribution in [0.4, 0.5) is 0 Å². The van der Waals surface area contributed by atoms with Gasteiger partial charge in [-0.1, -0.05) is 19.3 Å². The summed E-state index contributed by atoms with van der Waals surface area (Å²) in [5, 5.41) is 10.4. The van der Waals surface area contributed by atoms with E-state index in [0.717, 1.165) is 32.1 Å². The summed E-state index contributed by atoms with van der Waals surface area (Å²) < 4.78 is 11.2. The van der Waals surface area contributed by atoms with Crippen LogP contribution in [0.2, 0.25) is 0 Å². The third-order valence-electron chi connectivity index (χ3n) is 3.09. The van der Waals surface area contributed by atoms with Crippen molar-refractivity contribution in [3.05, 3.63) is 0 Å². The van der Waals surface area contributed by atoms with Crippen LogP contribution in [0.5, 0.6) is 0 Å². The quantitative estimate of drug-likeness (QED) is 0.213. The number of hydrogen-bond acceptors (Lipinski definition) is 4. The summed E-state index contributed by atoms with van der Waals surface area (Å²) in [6, 6.07) is 0. The Morgan fingerprint density at radius 1 is 1.32 bits per heavy atom. The largest absolute Gasteiger partial charge is 1.00 e. The van der Waals surface area contributed by atoms with Gasteiger partial charge in [0.2, 0.25) is 13.3 Å². The molecule has 1 atom stereocenters. The Morgan fingerprint density at radius 2 is 1.84 bits per heavy atom. The normalized spacial score (nSPS) is 19.6. The molecule has 6 nitrogen and oxygen atoms in total. The molecule has 0 saturated heterocycles. The summed E-state index contributed by atoms with van der Waals surface area (Å²) in [5.41, 5.74) is 0. The predicted octanol–water partition coefficient (Wildman–Crippen LogP) is -1.46. The Bertz CT molecular complexity index is 331. The Morgan fingerprint density at radius 3 is 2.32 bits per heavy atom. The van der Waals surface area contributed by atoms with Crippen molar-refractivity contribution >= 4 is 13.3 Å². The molecule has 0 bridgehead atoms. The van der Waals surface area contributed by atoms with Gasteiger partial charge in [0.15, 0.2) is 0 Å². The van der Waals surface area contributed by atoms with Gasteiger partial charge in [0, 0.05) is 12.6 Å². The third kappa shape index (κ3) is 7.81. The second-order valence-electron chi connectivity index (χ2n) is 5.26. The molecular formula is C11H23N2NaO4P+. The molecule has 1 saturated carbocycles. The van der Waals surface area contributed by atoms with Gasteiger partial charge in [-0.15, -0.1) is 0 Å². The molecule has 1 amide bonds. The number of amides is 1. The van der Waals surface area contributed by atoms with Gasteiger partial charge in [-0.3, -0.25) is 19.5 Å². The number of hydroxylamine groups is 2. The van der Waals surface area contributed by atoms with Crippen molar-refractivity contribution in [3.63, 3.8) is 0 Å². The minimum Gasteiger partial charge on any atom is -0.344 e. The van der Waals surface area contributed by atoms with E-state index >= 15 is 0 Å². The maximum absolute atomic E-state index is 11.9. The molecule has 1 unspecified atom stereocenters. The van der Waals surface area contributed by atoms with Gasteiger partial charge in [0.1, 0.15) is 6.67 Å². The van der Waals surface area contributed by atoms with Crippen LogP contribution in [0.15, 0.2) is 0 Å². The first-order valence-corrected chi connectivity index (χ1v) is 8.57. The minimum absolute atomic E-state index is 0. The van der Waals surface area contributed by atoms with Crippen LogP contribution in [-0.4, -0.2) is 52.6 Å². The Kier molecular flexibility index (Phi) is 9.04. The second kappa shape index (κ2) is 8.78. The average Bonchev–Trinajstić information content (AvgIpc) is 2.26. The van der Waals surface area contributed by atoms with Crippen molar-refractivity contribution in [3.8, 4) is 0 Å². The van der Waals surface area contributed by atoms with E-state index in [-0.39, 0.29) is 54.3 Å². The van der Waals surface area contributed by atoms with Gasteiger partial charge in [0.25, 0.3) is 0 Å². The molecular weight excluding hydrogens is 278 g/mol. The molecule has 0 aliphatic heterocycles. The molecule has 0 heterocycles. The molecule has 1 rings (SSSR count). The summed E-state index contributed by atoms with van der Waals surface area (Å²) >= 11 is 0. The van der Waals surface area contributed by atoms with E-state index in [2.05, 4.69) is 0 Å². The molecule has 1 aliphatic carbocycles. The maximum atomic E-state index is 11.9. The van der Waals surface area contributed by atoms with Gasteiger partial charge in [-0.25, -0.2) is 5.06 Å². The van der Waals surface area contributed by atoms with Gasteiger partial charge < -0.3 is 4.89 Å². The van der Waals surface area contributed by atoms with E-state index in [9.17, 15) is 19.5 Å². The fourth-order valence-corrected chi connectivity index (χ4v) is 3.34. The number of rotatable bonds is 5. The fourth-order valence-electron chi connectivity index (χ4n) is 2.35. The van der Waals surface area contributed by atoms with Gasteiger partial charge in [-0.2, -0.15) is 0 Å². The van der Waals surface area contributed by atoms with Crippen LogP contribution in [0.3, 0.4) is 0 Å². The smallest absolute Gasteiger partial charge is 0.344 e. The van der Waals surface area contributed by atoms with Gasteiger partial charge >= 0.3 is 29.6 Å². The summed E-state index contributed by atoms with van der Waals surface area (Å²) in [7, 11) is -1.56. The molecule has 0 spiro atoms. The zero-order valence-corrected chi connectivity index (χ0v) is 15.0. The minimum atomic E-state index is -3.16. The summed E-state index contributed by atoms with van der Waals surface area (Å²) in [6.45, 7) is 1.22. The number of nitrogens with zero attached hydrogens (tertiary/aromatic N) is 2. The molecule has 0 radical (unpaired) electrons. The zero-order chi connectivity index (χ0) is 13.8. The SMILES string of the molecule is CN(CN(O)C(=O)C1CCCCC1)CP(C)(=O)O.[Na+]. The standard InChI is InChI=1S/C11H23N2O4P.Na/c1-12(9-18(2,16)17)8-13(15)11(14)10-6-4-3-5-7-10;/h10,15H,3-9H2,1-2H3,(H,16,17);/q;+1. The van der Waals surface area contributed by atoms with Crippen molar-refractivity contribution in [2.45, 2.75) is 32.1 Å². The Balaban J connectivity index is 0.00000324. The van der Waals surface area contributed by atoms with E-state index < -0.39 is 7.37 Å². The monoisotopic (exact) mass is 301 g/mol. The molecule has 0 aromatic heterocycles. The molecule has 0 aromatic carbocycles. The van der Waals surface area contributed by atoms with E-state index in [0.29, 0.717) is 5.06 Å². The number of hydrogen-bond donors (Lipinski definition) is 2. The van der Waals surface area contributed by atoms with E-state index in [1.165, 1.54) is 11.6 Å². The number of carbonyl (C=O) groups is 1. The van der Waals surface area contributed by atoms with Crippen molar-refractivity contribution in [1.29, 1.82) is 0 Å². The van der Waals surface area contributed by atoms with E-state index in [4.69, 9.17) is 0 Å². The van der Waals surface area contributed by atoms with E-state index in [1.54, 1.807) is 7.05 Å². The molecule has 2 N–H and O–H groups in total. The first-order valence-electron chi connectivity index (χ1n) is 6.27. The van der Waals surface area contributed by atoms with Crippen LogP contribution < -0.4 is 29.6 Å². The van der Waals surface area contributed by atoms with Crippen LogP contribution in [0, 0.1) is 5.92 Å². The van der Waals surface area contributed by atoms with Crippen molar-refractivity contribution in [2.24, 2.45) is 5.92 Å². The second-order valence-corrected chi connectivity index (χ2v) is 7.65. The van der Waals surface area contributed by atoms with Gasteiger partial charge in [-0.05, 0) is 19.9 Å². The summed E-state index contributed by atoms with van der Waals surface area (Å²) in [4.78, 5) is 22.6. The first-order chi connectivity index (χ1) is 8.29. The molecule has 106 valence electrons. The molecule has 8 heteroatoms. The zero-order valence-electron chi connectivity index (χ0n) is 12.1. The topological polar surface area (TPSA) is 81.1 Å². The van der Waals surface area contributed by atoms with Crippen molar-refractivity contribution in [2.75, 3.05) is 26.7 Å². The number of carbonyl (C=O) groups excluding carboxylic acids is 1. The maximum Gasteiger partial charge on any atom is 1.00 e. The molecule has 1 fully saturated rings. The molecule has 0 aromatic rings. The predicted molar refractivity (Wildman–Crippen MR) is 68.5 cm³/mol.